The van der Waals surface area contributed by atoms with Crippen LogP contribution in [-0.4, -0.2) is 26.2 Å². The summed E-state index contributed by atoms with van der Waals surface area (Å²) in [6.07, 6.45) is 3.25. The highest BCUT2D eigenvalue weighted by atomic mass is 32.2. The average Bonchev–Trinajstić information content (AvgIpc) is 2.48. The highest BCUT2D eigenvalue weighted by Gasteiger charge is 2.16. The standard InChI is InChI=1S/C14H17N3O2S2/c1-3-15-14-9-8-11(10-16-14)21(18,19)17-12-6-4-5-7-13(12)20-2/h4-10,17H,3H2,1-2H3,(H,15,16). The summed E-state index contributed by atoms with van der Waals surface area (Å²) in [5.41, 5.74) is 0.570. The topological polar surface area (TPSA) is 71.1 Å². The molecule has 1 aromatic carbocycles. The van der Waals surface area contributed by atoms with Crippen molar-refractivity contribution >= 4 is 33.3 Å². The van der Waals surface area contributed by atoms with E-state index in [4.69, 9.17) is 0 Å². The summed E-state index contributed by atoms with van der Waals surface area (Å²) in [6, 6.07) is 10.5. The SMILES string of the molecule is CCNc1ccc(S(=O)(=O)Nc2ccccc2SC)cn1. The van der Waals surface area contributed by atoms with Crippen molar-refractivity contribution in [2.24, 2.45) is 0 Å². The van der Waals surface area contributed by atoms with Crippen LogP contribution >= 0.6 is 11.8 Å². The molecular formula is C14H17N3O2S2. The van der Waals surface area contributed by atoms with Crippen LogP contribution in [0.25, 0.3) is 0 Å². The van der Waals surface area contributed by atoms with Crippen LogP contribution in [0.1, 0.15) is 6.92 Å². The number of benzene rings is 1. The number of para-hydroxylation sites is 1. The Balaban J connectivity index is 2.25. The van der Waals surface area contributed by atoms with E-state index in [1.54, 1.807) is 18.2 Å². The zero-order chi connectivity index (χ0) is 15.3. The summed E-state index contributed by atoms with van der Waals surface area (Å²) in [7, 11) is -3.63. The van der Waals surface area contributed by atoms with Gasteiger partial charge in [0.2, 0.25) is 0 Å². The summed E-state index contributed by atoms with van der Waals surface area (Å²) < 4.78 is 27.3. The van der Waals surface area contributed by atoms with E-state index >= 15 is 0 Å². The molecule has 0 radical (unpaired) electrons. The third-order valence-electron chi connectivity index (χ3n) is 2.76. The fraction of sp³-hybridized carbons (Fsp3) is 0.214. The van der Waals surface area contributed by atoms with Gasteiger partial charge in [0, 0.05) is 17.6 Å². The molecule has 21 heavy (non-hydrogen) atoms. The molecule has 7 heteroatoms. The van der Waals surface area contributed by atoms with Gasteiger partial charge in [0.25, 0.3) is 10.0 Å². The van der Waals surface area contributed by atoms with Crippen LogP contribution in [0.4, 0.5) is 11.5 Å². The summed E-state index contributed by atoms with van der Waals surface area (Å²) in [5, 5.41) is 3.02. The van der Waals surface area contributed by atoms with Gasteiger partial charge in [0.1, 0.15) is 10.7 Å². The minimum absolute atomic E-state index is 0.139. The first-order chi connectivity index (χ1) is 10.1. The Morgan fingerprint density at radius 3 is 2.57 bits per heavy atom. The van der Waals surface area contributed by atoms with Crippen LogP contribution in [0.3, 0.4) is 0 Å². The van der Waals surface area contributed by atoms with Crippen molar-refractivity contribution in [1.82, 2.24) is 4.98 Å². The number of rotatable bonds is 6. The van der Waals surface area contributed by atoms with Gasteiger partial charge < -0.3 is 5.32 Å². The second kappa shape index (κ2) is 6.82. The highest BCUT2D eigenvalue weighted by molar-refractivity contribution is 7.99. The molecular weight excluding hydrogens is 306 g/mol. The lowest BCUT2D eigenvalue weighted by molar-refractivity contribution is 0.600. The first-order valence-electron chi connectivity index (χ1n) is 6.42. The van der Waals surface area contributed by atoms with Crippen molar-refractivity contribution in [3.05, 3.63) is 42.6 Å². The molecule has 1 heterocycles. The number of sulfonamides is 1. The Morgan fingerprint density at radius 1 is 1.19 bits per heavy atom. The van der Waals surface area contributed by atoms with Gasteiger partial charge in [-0.15, -0.1) is 11.8 Å². The Morgan fingerprint density at radius 2 is 1.95 bits per heavy atom. The highest BCUT2D eigenvalue weighted by Crippen LogP contribution is 2.26. The second-order valence-electron chi connectivity index (χ2n) is 4.22. The Hall–Kier alpha value is -1.73. The largest absolute Gasteiger partial charge is 0.370 e. The minimum Gasteiger partial charge on any atom is -0.370 e. The van der Waals surface area contributed by atoms with Crippen molar-refractivity contribution in [3.8, 4) is 0 Å². The maximum Gasteiger partial charge on any atom is 0.263 e. The van der Waals surface area contributed by atoms with E-state index in [0.717, 1.165) is 11.4 Å². The summed E-state index contributed by atoms with van der Waals surface area (Å²) in [4.78, 5) is 5.10. The van der Waals surface area contributed by atoms with Crippen molar-refractivity contribution in [2.75, 3.05) is 22.8 Å². The van der Waals surface area contributed by atoms with Gasteiger partial charge in [-0.3, -0.25) is 4.72 Å². The molecule has 0 unspecified atom stereocenters. The van der Waals surface area contributed by atoms with Crippen molar-refractivity contribution < 1.29 is 8.42 Å². The maximum absolute atomic E-state index is 12.4. The summed E-state index contributed by atoms with van der Waals surface area (Å²) >= 11 is 1.49. The van der Waals surface area contributed by atoms with Crippen LogP contribution in [0, 0.1) is 0 Å². The fourth-order valence-corrected chi connectivity index (χ4v) is 3.40. The third kappa shape index (κ3) is 3.89. The first kappa shape index (κ1) is 15.7. The lowest BCUT2D eigenvalue weighted by atomic mass is 10.3. The lowest BCUT2D eigenvalue weighted by Crippen LogP contribution is -2.14. The molecule has 0 aliphatic rings. The van der Waals surface area contributed by atoms with E-state index in [1.165, 1.54) is 24.0 Å². The monoisotopic (exact) mass is 323 g/mol. The number of nitrogens with zero attached hydrogens (tertiary/aromatic N) is 1. The van der Waals surface area contributed by atoms with E-state index in [9.17, 15) is 8.42 Å². The van der Waals surface area contributed by atoms with Gasteiger partial charge in [0.15, 0.2) is 0 Å². The Labute approximate surface area is 129 Å². The lowest BCUT2D eigenvalue weighted by Gasteiger charge is -2.11. The molecule has 0 atom stereocenters. The van der Waals surface area contributed by atoms with Crippen molar-refractivity contribution in [2.45, 2.75) is 16.7 Å². The molecule has 2 N–H and O–H groups in total. The van der Waals surface area contributed by atoms with Gasteiger partial charge in [-0.1, -0.05) is 12.1 Å². The molecule has 0 aliphatic heterocycles. The predicted octanol–water partition coefficient (Wildman–Crippen LogP) is 3.04. The van der Waals surface area contributed by atoms with Gasteiger partial charge in [0.05, 0.1) is 5.69 Å². The molecule has 0 saturated carbocycles. The van der Waals surface area contributed by atoms with Crippen molar-refractivity contribution in [1.29, 1.82) is 0 Å². The number of nitrogens with one attached hydrogen (secondary N) is 2. The quantitative estimate of drug-likeness (QED) is 0.800. The Bertz CT molecular complexity index is 700. The van der Waals surface area contributed by atoms with Gasteiger partial charge in [-0.2, -0.15) is 0 Å². The van der Waals surface area contributed by atoms with Crippen LogP contribution in [0.5, 0.6) is 0 Å². The molecule has 0 fully saturated rings. The zero-order valence-corrected chi connectivity index (χ0v) is 13.5. The van der Waals surface area contributed by atoms with Crippen molar-refractivity contribution in [3.63, 3.8) is 0 Å². The number of hydrogen-bond donors (Lipinski definition) is 2. The van der Waals surface area contributed by atoms with Gasteiger partial charge in [-0.05, 0) is 37.4 Å². The molecule has 112 valence electrons. The van der Waals surface area contributed by atoms with E-state index < -0.39 is 10.0 Å². The molecule has 5 nitrogen and oxygen atoms in total. The van der Waals surface area contributed by atoms with Crippen LogP contribution in [0.2, 0.25) is 0 Å². The second-order valence-corrected chi connectivity index (χ2v) is 6.75. The van der Waals surface area contributed by atoms with Gasteiger partial charge >= 0.3 is 0 Å². The summed E-state index contributed by atoms with van der Waals surface area (Å²) in [6.45, 7) is 2.69. The molecule has 2 rings (SSSR count). The van der Waals surface area contributed by atoms with Gasteiger partial charge in [-0.25, -0.2) is 13.4 Å². The van der Waals surface area contributed by atoms with E-state index in [-0.39, 0.29) is 4.90 Å². The maximum atomic E-state index is 12.4. The Kier molecular flexibility index (Phi) is 5.08. The number of hydrogen-bond acceptors (Lipinski definition) is 5. The molecule has 0 saturated heterocycles. The third-order valence-corrected chi connectivity index (χ3v) is 4.90. The molecule has 0 amide bonds. The number of anilines is 2. The minimum atomic E-state index is -3.63. The predicted molar refractivity (Wildman–Crippen MR) is 87.4 cm³/mol. The molecule has 2 aromatic rings. The summed E-state index contributed by atoms with van der Waals surface area (Å²) in [5.74, 6) is 0.654. The molecule has 0 spiro atoms. The van der Waals surface area contributed by atoms with E-state index in [0.29, 0.717) is 11.5 Å². The van der Waals surface area contributed by atoms with E-state index in [2.05, 4.69) is 15.0 Å². The van der Waals surface area contributed by atoms with Crippen LogP contribution in [-0.2, 0) is 10.0 Å². The molecule has 1 aromatic heterocycles. The normalized spacial score (nSPS) is 11.1. The molecule has 0 aliphatic carbocycles. The first-order valence-corrected chi connectivity index (χ1v) is 9.13. The van der Waals surface area contributed by atoms with Crippen LogP contribution < -0.4 is 10.0 Å². The fourth-order valence-electron chi connectivity index (χ4n) is 1.76. The molecule has 0 bridgehead atoms. The number of pyridine rings is 1. The number of aromatic nitrogens is 1. The zero-order valence-electron chi connectivity index (χ0n) is 11.8. The van der Waals surface area contributed by atoms with Crippen LogP contribution in [0.15, 0.2) is 52.4 Å². The smallest absolute Gasteiger partial charge is 0.263 e. The van der Waals surface area contributed by atoms with E-state index in [1.807, 2.05) is 25.3 Å². The average molecular weight is 323 g/mol. The number of thioether (sulfide) groups is 1.